The number of ether oxygens (including phenoxy) is 2. The number of hydrogen-bond donors (Lipinski definition) is 0. The van der Waals surface area contributed by atoms with Crippen LogP contribution in [0.2, 0.25) is 0 Å². The summed E-state index contributed by atoms with van der Waals surface area (Å²) < 4.78 is 9.73. The molecule has 0 unspecified atom stereocenters. The van der Waals surface area contributed by atoms with Crippen molar-refractivity contribution in [3.8, 4) is 0 Å². The van der Waals surface area contributed by atoms with Crippen LogP contribution in [0.25, 0.3) is 0 Å². The molecule has 0 spiro atoms. The maximum atomic E-state index is 10.7. The van der Waals surface area contributed by atoms with Crippen molar-refractivity contribution in [2.75, 3.05) is 0 Å². The number of hydrogen-bond acceptors (Lipinski definition) is 3. The van der Waals surface area contributed by atoms with Crippen LogP contribution in [-0.2, 0) is 9.47 Å². The highest BCUT2D eigenvalue weighted by molar-refractivity contribution is 5.66. The second-order valence-electron chi connectivity index (χ2n) is 3.06. The summed E-state index contributed by atoms with van der Waals surface area (Å²) in [5, 5.41) is 0. The zero-order valence-corrected chi connectivity index (χ0v) is 7.29. The highest BCUT2D eigenvalue weighted by atomic mass is 16.8. The molecule has 0 radical (unpaired) electrons. The second-order valence-corrected chi connectivity index (χ2v) is 3.06. The molecule has 1 aliphatic rings. The van der Waals surface area contributed by atoms with Gasteiger partial charge in [-0.25, -0.2) is 4.79 Å². The van der Waals surface area contributed by atoms with Crippen LogP contribution in [0.3, 0.4) is 0 Å². The summed E-state index contributed by atoms with van der Waals surface area (Å²) in [6.45, 7) is 7.13. The summed E-state index contributed by atoms with van der Waals surface area (Å²) in [7, 11) is 0. The van der Waals surface area contributed by atoms with E-state index in [2.05, 4.69) is 6.58 Å². The van der Waals surface area contributed by atoms with Crippen molar-refractivity contribution < 1.29 is 14.3 Å². The molecule has 0 aromatic carbocycles. The van der Waals surface area contributed by atoms with Crippen LogP contribution in [0, 0.1) is 0 Å². The predicted molar refractivity (Wildman–Crippen MR) is 44.5 cm³/mol. The first-order valence-electron chi connectivity index (χ1n) is 3.78. The molecule has 66 valence electrons. The SMILES string of the molecule is C=CC/C=C1\OC(=O)OC1(C)C. The van der Waals surface area contributed by atoms with Gasteiger partial charge in [0, 0.05) is 0 Å². The monoisotopic (exact) mass is 168 g/mol. The zero-order valence-electron chi connectivity index (χ0n) is 7.29. The first-order chi connectivity index (χ1) is 5.56. The topological polar surface area (TPSA) is 35.5 Å². The van der Waals surface area contributed by atoms with E-state index in [1.165, 1.54) is 0 Å². The maximum absolute atomic E-state index is 10.7. The first kappa shape index (κ1) is 8.84. The Bertz CT molecular complexity index is 238. The minimum atomic E-state index is -0.629. The number of rotatable bonds is 2. The molecule has 1 heterocycles. The minimum Gasteiger partial charge on any atom is -0.420 e. The summed E-state index contributed by atoms with van der Waals surface area (Å²) in [6.07, 6.45) is 3.57. The normalized spacial score (nSPS) is 23.5. The molecular formula is C9H12O3. The molecule has 0 saturated carbocycles. The maximum Gasteiger partial charge on any atom is 0.514 e. The molecule has 0 aromatic heterocycles. The lowest BCUT2D eigenvalue weighted by molar-refractivity contribution is 0.0872. The second kappa shape index (κ2) is 3.01. The van der Waals surface area contributed by atoms with Crippen molar-refractivity contribution in [1.82, 2.24) is 0 Å². The molecule has 0 amide bonds. The van der Waals surface area contributed by atoms with E-state index in [0.29, 0.717) is 12.2 Å². The Balaban J connectivity index is 2.77. The number of carbonyl (C=O) groups is 1. The van der Waals surface area contributed by atoms with Crippen molar-refractivity contribution >= 4 is 6.16 Å². The smallest absolute Gasteiger partial charge is 0.420 e. The highest BCUT2D eigenvalue weighted by Crippen LogP contribution is 2.29. The van der Waals surface area contributed by atoms with Gasteiger partial charge in [-0.15, -0.1) is 6.58 Å². The lowest BCUT2D eigenvalue weighted by Crippen LogP contribution is -2.20. The van der Waals surface area contributed by atoms with Crippen molar-refractivity contribution in [1.29, 1.82) is 0 Å². The van der Waals surface area contributed by atoms with Crippen LogP contribution >= 0.6 is 0 Å². The third-order valence-corrected chi connectivity index (χ3v) is 1.60. The molecule has 0 N–H and O–H groups in total. The van der Waals surface area contributed by atoms with Gasteiger partial charge in [-0.1, -0.05) is 6.08 Å². The van der Waals surface area contributed by atoms with Crippen LogP contribution in [-0.4, -0.2) is 11.8 Å². The van der Waals surface area contributed by atoms with Crippen LogP contribution < -0.4 is 0 Å². The largest absolute Gasteiger partial charge is 0.514 e. The molecule has 1 fully saturated rings. The molecule has 1 rings (SSSR count). The van der Waals surface area contributed by atoms with E-state index in [1.54, 1.807) is 26.0 Å². The molecule has 12 heavy (non-hydrogen) atoms. The fourth-order valence-corrected chi connectivity index (χ4v) is 0.970. The van der Waals surface area contributed by atoms with Gasteiger partial charge in [0.25, 0.3) is 0 Å². The first-order valence-corrected chi connectivity index (χ1v) is 3.78. The Morgan fingerprint density at radius 2 is 2.25 bits per heavy atom. The predicted octanol–water partition coefficient (Wildman–Crippen LogP) is 2.39. The van der Waals surface area contributed by atoms with Crippen molar-refractivity contribution in [3.05, 3.63) is 24.5 Å². The average molecular weight is 168 g/mol. The van der Waals surface area contributed by atoms with Crippen LogP contribution in [0.4, 0.5) is 4.79 Å². The van der Waals surface area contributed by atoms with Gasteiger partial charge in [0.2, 0.25) is 0 Å². The molecular weight excluding hydrogens is 156 g/mol. The Kier molecular flexibility index (Phi) is 2.22. The van der Waals surface area contributed by atoms with Gasteiger partial charge < -0.3 is 9.47 Å². The summed E-state index contributed by atoms with van der Waals surface area (Å²) in [5.74, 6) is 0.562. The summed E-state index contributed by atoms with van der Waals surface area (Å²) in [6, 6.07) is 0. The van der Waals surface area contributed by atoms with E-state index in [1.807, 2.05) is 0 Å². The van der Waals surface area contributed by atoms with E-state index in [9.17, 15) is 4.79 Å². The standard InChI is InChI=1S/C9H12O3/c1-4-5-6-7-9(2,3)12-8(10)11-7/h4,6H,1,5H2,2-3H3/b7-6-. The van der Waals surface area contributed by atoms with E-state index in [-0.39, 0.29) is 0 Å². The lowest BCUT2D eigenvalue weighted by atomic mass is 10.1. The third-order valence-electron chi connectivity index (χ3n) is 1.60. The van der Waals surface area contributed by atoms with Gasteiger partial charge in [0.15, 0.2) is 11.4 Å². The fraction of sp³-hybridized carbons (Fsp3) is 0.444. The van der Waals surface area contributed by atoms with Crippen LogP contribution in [0.1, 0.15) is 20.3 Å². The Hall–Kier alpha value is -1.25. The van der Waals surface area contributed by atoms with Gasteiger partial charge >= 0.3 is 6.16 Å². The van der Waals surface area contributed by atoms with Crippen LogP contribution in [0.15, 0.2) is 24.5 Å². The van der Waals surface area contributed by atoms with E-state index in [4.69, 9.17) is 9.47 Å². The van der Waals surface area contributed by atoms with Crippen LogP contribution in [0.5, 0.6) is 0 Å². The quantitative estimate of drug-likeness (QED) is 0.469. The number of cyclic esters (lactones) is 2. The van der Waals surface area contributed by atoms with E-state index in [0.717, 1.165) is 0 Å². The Morgan fingerprint density at radius 1 is 1.58 bits per heavy atom. The summed E-state index contributed by atoms with van der Waals surface area (Å²) in [4.78, 5) is 10.7. The van der Waals surface area contributed by atoms with Crippen molar-refractivity contribution in [2.45, 2.75) is 25.9 Å². The minimum absolute atomic E-state index is 0.562. The number of allylic oxidation sites excluding steroid dienone is 2. The molecule has 0 atom stereocenters. The Morgan fingerprint density at radius 3 is 2.67 bits per heavy atom. The summed E-state index contributed by atoms with van der Waals surface area (Å²) in [5.41, 5.74) is -0.625. The van der Waals surface area contributed by atoms with Gasteiger partial charge in [-0.2, -0.15) is 0 Å². The number of carbonyl (C=O) groups excluding carboxylic acids is 1. The van der Waals surface area contributed by atoms with Gasteiger partial charge in [-0.05, 0) is 26.3 Å². The zero-order chi connectivity index (χ0) is 9.19. The average Bonchev–Trinajstić information content (AvgIpc) is 2.20. The molecule has 1 aliphatic heterocycles. The van der Waals surface area contributed by atoms with E-state index >= 15 is 0 Å². The van der Waals surface area contributed by atoms with Crippen molar-refractivity contribution in [2.24, 2.45) is 0 Å². The highest BCUT2D eigenvalue weighted by Gasteiger charge is 2.38. The summed E-state index contributed by atoms with van der Waals surface area (Å²) >= 11 is 0. The fourth-order valence-electron chi connectivity index (χ4n) is 0.970. The van der Waals surface area contributed by atoms with Crippen molar-refractivity contribution in [3.63, 3.8) is 0 Å². The van der Waals surface area contributed by atoms with Gasteiger partial charge in [0.1, 0.15) is 0 Å². The molecule has 0 aliphatic carbocycles. The van der Waals surface area contributed by atoms with E-state index < -0.39 is 11.8 Å². The lowest BCUT2D eigenvalue weighted by Gasteiger charge is -2.13. The van der Waals surface area contributed by atoms with Gasteiger partial charge in [0.05, 0.1) is 0 Å². The third kappa shape index (κ3) is 1.67. The van der Waals surface area contributed by atoms with Gasteiger partial charge in [-0.3, -0.25) is 0 Å². The Labute approximate surface area is 71.7 Å². The molecule has 3 nitrogen and oxygen atoms in total. The molecule has 0 aromatic rings. The molecule has 3 heteroatoms. The molecule has 0 bridgehead atoms. The molecule has 1 saturated heterocycles.